The minimum absolute atomic E-state index is 0.176. The van der Waals surface area contributed by atoms with E-state index in [2.05, 4.69) is 31.0 Å². The number of hydrogen-bond donors (Lipinski definition) is 2. The molecule has 0 spiro atoms. The summed E-state index contributed by atoms with van der Waals surface area (Å²) in [5.74, 6) is 1.13. The third kappa shape index (κ3) is 3.01. The Bertz CT molecular complexity index is 436. The summed E-state index contributed by atoms with van der Waals surface area (Å²) in [4.78, 5) is 2.43. The van der Waals surface area contributed by atoms with Crippen molar-refractivity contribution in [2.45, 2.75) is 38.9 Å². The number of hydrogen-bond acceptors (Lipinski definition) is 4. The standard InChI is InChI=1S/C15H24N2O2/c1-10-9-17(11(2)8-16-10)12(3)14-7-13(19-4)5-6-15(14)18/h5-7,10-12,16,18H,8-9H2,1-4H3. The Labute approximate surface area is 115 Å². The first kappa shape index (κ1) is 14.2. The molecule has 0 amide bonds. The van der Waals surface area contributed by atoms with Gasteiger partial charge in [-0.3, -0.25) is 4.90 Å². The molecule has 0 aliphatic carbocycles. The number of nitrogens with zero attached hydrogens (tertiary/aromatic N) is 1. The van der Waals surface area contributed by atoms with E-state index in [0.717, 1.165) is 24.4 Å². The maximum absolute atomic E-state index is 10.1. The summed E-state index contributed by atoms with van der Waals surface area (Å²) in [7, 11) is 1.65. The molecule has 4 heteroatoms. The fourth-order valence-electron chi connectivity index (χ4n) is 2.76. The van der Waals surface area contributed by atoms with Crippen LogP contribution in [0.1, 0.15) is 32.4 Å². The van der Waals surface area contributed by atoms with Gasteiger partial charge in [0.1, 0.15) is 11.5 Å². The van der Waals surface area contributed by atoms with Crippen molar-refractivity contribution in [3.05, 3.63) is 23.8 Å². The molecule has 4 nitrogen and oxygen atoms in total. The Kier molecular flexibility index (Phi) is 4.32. The predicted molar refractivity (Wildman–Crippen MR) is 76.7 cm³/mol. The van der Waals surface area contributed by atoms with Gasteiger partial charge >= 0.3 is 0 Å². The maximum atomic E-state index is 10.1. The monoisotopic (exact) mass is 264 g/mol. The summed E-state index contributed by atoms with van der Waals surface area (Å²) in [5, 5.41) is 13.6. The normalized spacial score (nSPS) is 26.1. The molecular weight excluding hydrogens is 240 g/mol. The zero-order chi connectivity index (χ0) is 14.0. The van der Waals surface area contributed by atoms with E-state index in [-0.39, 0.29) is 6.04 Å². The van der Waals surface area contributed by atoms with E-state index in [4.69, 9.17) is 4.74 Å². The molecule has 0 saturated carbocycles. The van der Waals surface area contributed by atoms with Gasteiger partial charge in [0.2, 0.25) is 0 Å². The van der Waals surface area contributed by atoms with Crippen molar-refractivity contribution in [2.24, 2.45) is 0 Å². The van der Waals surface area contributed by atoms with Crippen LogP contribution in [-0.2, 0) is 0 Å². The van der Waals surface area contributed by atoms with Gasteiger partial charge in [0.05, 0.1) is 7.11 Å². The molecule has 2 rings (SSSR count). The number of phenols is 1. The molecule has 1 aromatic rings. The lowest BCUT2D eigenvalue weighted by atomic mass is 10.0. The van der Waals surface area contributed by atoms with Crippen molar-refractivity contribution >= 4 is 0 Å². The molecule has 106 valence electrons. The first-order valence-corrected chi connectivity index (χ1v) is 6.89. The lowest BCUT2D eigenvalue weighted by Crippen LogP contribution is -2.54. The molecule has 1 saturated heterocycles. The third-order valence-electron chi connectivity index (χ3n) is 3.99. The van der Waals surface area contributed by atoms with E-state index < -0.39 is 0 Å². The Morgan fingerprint density at radius 2 is 2.16 bits per heavy atom. The second-order valence-corrected chi connectivity index (χ2v) is 5.46. The highest BCUT2D eigenvalue weighted by Gasteiger charge is 2.28. The van der Waals surface area contributed by atoms with Crippen molar-refractivity contribution in [1.29, 1.82) is 0 Å². The van der Waals surface area contributed by atoms with E-state index >= 15 is 0 Å². The van der Waals surface area contributed by atoms with Crippen LogP contribution in [0.5, 0.6) is 11.5 Å². The zero-order valence-corrected chi connectivity index (χ0v) is 12.2. The number of benzene rings is 1. The second-order valence-electron chi connectivity index (χ2n) is 5.46. The van der Waals surface area contributed by atoms with Crippen LogP contribution < -0.4 is 10.1 Å². The number of methoxy groups -OCH3 is 1. The van der Waals surface area contributed by atoms with Crippen LogP contribution in [0.25, 0.3) is 0 Å². The van der Waals surface area contributed by atoms with Gasteiger partial charge in [-0.1, -0.05) is 0 Å². The van der Waals surface area contributed by atoms with E-state index in [1.807, 2.05) is 6.07 Å². The summed E-state index contributed by atoms with van der Waals surface area (Å²) in [5.41, 5.74) is 0.931. The predicted octanol–water partition coefficient (Wildman–Crippen LogP) is 2.14. The molecule has 1 aromatic carbocycles. The number of piperazine rings is 1. The van der Waals surface area contributed by atoms with Crippen LogP contribution in [0.4, 0.5) is 0 Å². The summed E-state index contributed by atoms with van der Waals surface area (Å²) in [6.07, 6.45) is 0. The highest BCUT2D eigenvalue weighted by molar-refractivity contribution is 5.41. The van der Waals surface area contributed by atoms with Crippen molar-refractivity contribution in [2.75, 3.05) is 20.2 Å². The molecular formula is C15H24N2O2. The molecule has 19 heavy (non-hydrogen) atoms. The fraction of sp³-hybridized carbons (Fsp3) is 0.600. The first-order chi connectivity index (χ1) is 9.02. The molecule has 3 unspecified atom stereocenters. The van der Waals surface area contributed by atoms with Crippen molar-refractivity contribution in [3.8, 4) is 11.5 Å². The third-order valence-corrected chi connectivity index (χ3v) is 3.99. The first-order valence-electron chi connectivity index (χ1n) is 6.89. The Morgan fingerprint density at radius 3 is 2.84 bits per heavy atom. The smallest absolute Gasteiger partial charge is 0.120 e. The minimum atomic E-state index is 0.176. The van der Waals surface area contributed by atoms with Gasteiger partial charge in [0.15, 0.2) is 0 Å². The van der Waals surface area contributed by atoms with Crippen LogP contribution in [0, 0.1) is 0 Å². The molecule has 1 aliphatic heterocycles. The van der Waals surface area contributed by atoms with Crippen LogP contribution in [0.15, 0.2) is 18.2 Å². The van der Waals surface area contributed by atoms with Gasteiger partial charge in [-0.2, -0.15) is 0 Å². The van der Waals surface area contributed by atoms with E-state index in [1.54, 1.807) is 19.2 Å². The number of aromatic hydroxyl groups is 1. The van der Waals surface area contributed by atoms with Gasteiger partial charge in [-0.25, -0.2) is 0 Å². The largest absolute Gasteiger partial charge is 0.508 e. The molecule has 1 fully saturated rings. The molecule has 3 atom stereocenters. The fourth-order valence-corrected chi connectivity index (χ4v) is 2.76. The van der Waals surface area contributed by atoms with Crippen LogP contribution in [0.2, 0.25) is 0 Å². The average molecular weight is 264 g/mol. The lowest BCUT2D eigenvalue weighted by Gasteiger charge is -2.41. The Morgan fingerprint density at radius 1 is 1.42 bits per heavy atom. The van der Waals surface area contributed by atoms with Gasteiger partial charge < -0.3 is 15.2 Å². The summed E-state index contributed by atoms with van der Waals surface area (Å²) in [6.45, 7) is 8.52. The lowest BCUT2D eigenvalue weighted by molar-refractivity contribution is 0.102. The van der Waals surface area contributed by atoms with Gasteiger partial charge in [-0.15, -0.1) is 0 Å². The summed E-state index contributed by atoms with van der Waals surface area (Å²) in [6, 6.07) is 6.54. The Balaban J connectivity index is 2.24. The second kappa shape index (κ2) is 5.80. The molecule has 0 aromatic heterocycles. The highest BCUT2D eigenvalue weighted by Crippen LogP contribution is 2.33. The van der Waals surface area contributed by atoms with E-state index in [0.29, 0.717) is 17.8 Å². The highest BCUT2D eigenvalue weighted by atomic mass is 16.5. The van der Waals surface area contributed by atoms with Crippen molar-refractivity contribution < 1.29 is 9.84 Å². The molecule has 1 heterocycles. The Hall–Kier alpha value is -1.26. The van der Waals surface area contributed by atoms with Gasteiger partial charge in [0, 0.05) is 36.8 Å². The quantitative estimate of drug-likeness (QED) is 0.878. The summed E-state index contributed by atoms with van der Waals surface area (Å²) >= 11 is 0. The molecule has 2 N–H and O–H groups in total. The van der Waals surface area contributed by atoms with Crippen LogP contribution in [0.3, 0.4) is 0 Å². The molecule has 0 radical (unpaired) electrons. The van der Waals surface area contributed by atoms with E-state index in [1.165, 1.54) is 0 Å². The minimum Gasteiger partial charge on any atom is -0.508 e. The van der Waals surface area contributed by atoms with Crippen molar-refractivity contribution in [3.63, 3.8) is 0 Å². The van der Waals surface area contributed by atoms with Crippen LogP contribution >= 0.6 is 0 Å². The number of ether oxygens (including phenoxy) is 1. The van der Waals surface area contributed by atoms with E-state index in [9.17, 15) is 5.11 Å². The summed E-state index contributed by atoms with van der Waals surface area (Å²) < 4.78 is 5.25. The number of nitrogens with one attached hydrogen (secondary N) is 1. The zero-order valence-electron chi connectivity index (χ0n) is 12.2. The number of rotatable bonds is 3. The average Bonchev–Trinajstić information content (AvgIpc) is 2.41. The van der Waals surface area contributed by atoms with Gasteiger partial charge in [0.25, 0.3) is 0 Å². The van der Waals surface area contributed by atoms with Crippen LogP contribution in [-0.4, -0.2) is 42.3 Å². The topological polar surface area (TPSA) is 44.7 Å². The number of phenolic OH excluding ortho intramolecular Hbond substituents is 1. The van der Waals surface area contributed by atoms with Crippen molar-refractivity contribution in [1.82, 2.24) is 10.2 Å². The maximum Gasteiger partial charge on any atom is 0.120 e. The molecule has 1 aliphatic rings. The molecule has 0 bridgehead atoms. The van der Waals surface area contributed by atoms with Gasteiger partial charge in [-0.05, 0) is 39.0 Å². The SMILES string of the molecule is COc1ccc(O)c(C(C)N2CC(C)NCC2C)c1.